The molecule has 2 nitrogen and oxygen atoms in total. The Hall–Kier alpha value is 0.788. The number of rotatable bonds is 3. The van der Waals surface area contributed by atoms with Crippen molar-refractivity contribution in [2.45, 2.75) is 12.5 Å². The van der Waals surface area contributed by atoms with Crippen LogP contribution < -0.4 is 5.73 Å². The van der Waals surface area contributed by atoms with E-state index in [1.165, 1.54) is 18.7 Å². The lowest BCUT2D eigenvalue weighted by Gasteiger charge is -2.19. The van der Waals surface area contributed by atoms with E-state index in [4.69, 9.17) is 10.2 Å². The number of hydrogen-bond acceptors (Lipinski definition) is 2. The molecule has 1 rings (SSSR count). The van der Waals surface area contributed by atoms with Crippen LogP contribution in [0.2, 0.25) is 6.04 Å². The summed E-state index contributed by atoms with van der Waals surface area (Å²) < 4.78 is 5.64. The van der Waals surface area contributed by atoms with Gasteiger partial charge in [-0.25, -0.2) is 0 Å². The van der Waals surface area contributed by atoms with Crippen molar-refractivity contribution >= 4 is 34.7 Å². The van der Waals surface area contributed by atoms with Gasteiger partial charge in [0.05, 0.1) is 8.31 Å². The maximum absolute atomic E-state index is 5.64. The Morgan fingerprint density at radius 2 is 2.50 bits per heavy atom. The molecule has 0 aromatic heterocycles. The van der Waals surface area contributed by atoms with E-state index in [2.05, 4.69) is 0 Å². The quantitative estimate of drug-likeness (QED) is 0.497. The first-order valence-corrected chi connectivity index (χ1v) is 17.7. The summed E-state index contributed by atoms with van der Waals surface area (Å²) in [4.78, 5) is 0. The zero-order chi connectivity index (χ0) is 7.23. The predicted octanol–water partition coefficient (Wildman–Crippen LogP) is -3.12. The van der Waals surface area contributed by atoms with Crippen molar-refractivity contribution < 1.29 is 4.43 Å². The molecule has 0 spiro atoms. The molecule has 1 atom stereocenters. The molecule has 1 fully saturated rings. The molecule has 1 aliphatic rings. The maximum atomic E-state index is 5.64. The normalized spacial score (nSPS) is 33.9. The van der Waals surface area contributed by atoms with Gasteiger partial charge in [-0.15, -0.1) is 0 Å². The summed E-state index contributed by atoms with van der Waals surface area (Å²) in [7, 11) is 1.02. The van der Waals surface area contributed by atoms with Crippen LogP contribution in [0.15, 0.2) is 0 Å². The molecule has 0 saturated carbocycles. The molecular formula is C4H17NOSi4. The lowest BCUT2D eigenvalue weighted by Crippen LogP contribution is -2.42. The van der Waals surface area contributed by atoms with Gasteiger partial charge < -0.3 is 10.2 Å². The molecule has 60 valence electrons. The second-order valence-electron chi connectivity index (χ2n) is 3.01. The molecule has 0 amide bonds. The average molecular weight is 208 g/mol. The Balaban J connectivity index is 2.02. The number of hydrogen-bond donors (Lipinski definition) is 1. The van der Waals surface area contributed by atoms with Crippen molar-refractivity contribution in [1.29, 1.82) is 0 Å². The second-order valence-corrected chi connectivity index (χ2v) is 27.9. The van der Waals surface area contributed by atoms with Gasteiger partial charge in [0.15, 0.2) is 0 Å². The monoisotopic (exact) mass is 207 g/mol. The van der Waals surface area contributed by atoms with Gasteiger partial charge >= 0.3 is 0 Å². The van der Waals surface area contributed by atoms with E-state index in [-0.39, 0.29) is 17.6 Å². The number of nitrogens with two attached hydrogens (primary N) is 1. The van der Waals surface area contributed by atoms with Gasteiger partial charge in [0.1, 0.15) is 9.28 Å². The minimum atomic E-state index is -0.211. The molecule has 10 heavy (non-hydrogen) atoms. The molecule has 0 aliphatic carbocycles. The van der Waals surface area contributed by atoms with Gasteiger partial charge in [-0.05, 0) is 13.0 Å². The molecule has 0 bridgehead atoms. The van der Waals surface area contributed by atoms with E-state index < -0.39 is 0 Å². The van der Waals surface area contributed by atoms with Crippen LogP contribution >= 0.6 is 0 Å². The van der Waals surface area contributed by atoms with Gasteiger partial charge in [-0.1, -0.05) is 6.04 Å². The Kier molecular flexibility index (Phi) is 4.83. The summed E-state index contributed by atoms with van der Waals surface area (Å²) in [5.41, 5.74) is 5.46. The molecule has 0 radical (unpaired) electrons. The third-order valence-corrected chi connectivity index (χ3v) is 38.5. The summed E-state index contributed by atoms with van der Waals surface area (Å²) in [6.07, 6.45) is 2.56. The van der Waals surface area contributed by atoms with Crippen molar-refractivity contribution in [1.82, 2.24) is 0 Å². The SMILES string of the molecule is NCCC[SiH]1CO[SiH2][SiH2][SiH2]1. The predicted molar refractivity (Wildman–Crippen MR) is 57.2 cm³/mol. The third kappa shape index (κ3) is 3.26. The van der Waals surface area contributed by atoms with E-state index in [9.17, 15) is 0 Å². The first-order chi connectivity index (χ1) is 4.93. The third-order valence-electron chi connectivity index (χ3n) is 2.07. The van der Waals surface area contributed by atoms with E-state index >= 15 is 0 Å². The fourth-order valence-corrected chi connectivity index (χ4v) is 46.6. The first kappa shape index (κ1) is 8.88. The van der Waals surface area contributed by atoms with Crippen molar-refractivity contribution in [3.8, 4) is 0 Å². The molecule has 0 aromatic carbocycles. The highest BCUT2D eigenvalue weighted by Crippen LogP contribution is 1.98. The molecule has 6 heteroatoms. The summed E-state index contributed by atoms with van der Waals surface area (Å²) in [5, 5.41) is 0. The Morgan fingerprint density at radius 1 is 1.60 bits per heavy atom. The molecule has 1 heterocycles. The van der Waals surface area contributed by atoms with Crippen molar-refractivity contribution in [2.75, 3.05) is 12.8 Å². The van der Waals surface area contributed by atoms with Crippen LogP contribution in [0.25, 0.3) is 0 Å². The lowest BCUT2D eigenvalue weighted by atomic mass is 10.5. The fraction of sp³-hybridized carbons (Fsp3) is 1.00. The smallest absolute Gasteiger partial charge is 0.139 e. The Bertz CT molecular complexity index is 87.3. The zero-order valence-electron chi connectivity index (χ0n) is 6.51. The summed E-state index contributed by atoms with van der Waals surface area (Å²) in [6, 6.07) is 1.52. The maximum Gasteiger partial charge on any atom is 0.139 e. The standard InChI is InChI=1S/C4H17NOSi4/c5-2-1-3-10-4-6-7-8-9-10/h10H,1-5,7-9H2. The molecule has 1 unspecified atom stereocenters. The van der Waals surface area contributed by atoms with Crippen LogP contribution in [0.5, 0.6) is 0 Å². The summed E-state index contributed by atoms with van der Waals surface area (Å²) in [6.45, 7) is 0.914. The minimum absolute atomic E-state index is 0.158. The van der Waals surface area contributed by atoms with Crippen molar-refractivity contribution in [3.63, 3.8) is 0 Å². The van der Waals surface area contributed by atoms with Gasteiger partial charge in [0.25, 0.3) is 0 Å². The lowest BCUT2D eigenvalue weighted by molar-refractivity contribution is 0.417. The van der Waals surface area contributed by atoms with E-state index in [1.807, 2.05) is 0 Å². The van der Waals surface area contributed by atoms with Crippen LogP contribution in [0.1, 0.15) is 6.42 Å². The van der Waals surface area contributed by atoms with Crippen LogP contribution in [-0.2, 0) is 4.43 Å². The highest BCUT2D eigenvalue weighted by Gasteiger charge is 2.15. The fourth-order valence-electron chi connectivity index (χ4n) is 1.44. The van der Waals surface area contributed by atoms with Gasteiger partial charge in [0, 0.05) is 23.3 Å². The average Bonchev–Trinajstić information content (AvgIpc) is 2.03. The van der Waals surface area contributed by atoms with E-state index in [0.717, 1.165) is 6.54 Å². The summed E-state index contributed by atoms with van der Waals surface area (Å²) in [5.74, 6) is 0. The first-order valence-electron chi connectivity index (χ1n) is 4.21. The highest BCUT2D eigenvalue weighted by atomic mass is 29.7. The van der Waals surface area contributed by atoms with Crippen molar-refractivity contribution in [3.05, 3.63) is 0 Å². The van der Waals surface area contributed by atoms with E-state index in [1.54, 1.807) is 0 Å². The zero-order valence-corrected chi connectivity index (χ0v) is 11.9. The second kappa shape index (κ2) is 5.44. The molecular weight excluding hydrogens is 190 g/mol. The molecule has 1 saturated heterocycles. The van der Waals surface area contributed by atoms with E-state index in [0.29, 0.717) is 17.1 Å². The highest BCUT2D eigenvalue weighted by molar-refractivity contribution is 7.48. The van der Waals surface area contributed by atoms with Gasteiger partial charge in [-0.2, -0.15) is 0 Å². The summed E-state index contributed by atoms with van der Waals surface area (Å²) >= 11 is 0. The molecule has 2 N–H and O–H groups in total. The van der Waals surface area contributed by atoms with Crippen LogP contribution in [0.4, 0.5) is 0 Å². The van der Waals surface area contributed by atoms with Crippen molar-refractivity contribution in [2.24, 2.45) is 5.73 Å². The van der Waals surface area contributed by atoms with Gasteiger partial charge in [0.2, 0.25) is 0 Å². The topological polar surface area (TPSA) is 35.2 Å². The van der Waals surface area contributed by atoms with Gasteiger partial charge in [-0.3, -0.25) is 0 Å². The molecule has 1 aliphatic heterocycles. The van der Waals surface area contributed by atoms with Crippen LogP contribution in [0.3, 0.4) is 0 Å². The Labute approximate surface area is 70.5 Å². The van der Waals surface area contributed by atoms with Crippen LogP contribution in [0, 0.1) is 0 Å². The Morgan fingerprint density at radius 3 is 3.10 bits per heavy atom. The van der Waals surface area contributed by atoms with Crippen LogP contribution in [-0.4, -0.2) is 47.5 Å². The largest absolute Gasteiger partial charge is 0.432 e. The molecule has 0 aromatic rings. The minimum Gasteiger partial charge on any atom is -0.432 e.